The summed E-state index contributed by atoms with van der Waals surface area (Å²) in [7, 11) is 2.14. The highest BCUT2D eigenvalue weighted by Gasteiger charge is 2.42. The van der Waals surface area contributed by atoms with Crippen LogP contribution in [-0.2, 0) is 9.59 Å². The molecule has 0 atom stereocenters. The number of hydrogen-bond donors (Lipinski definition) is 2. The van der Waals surface area contributed by atoms with Crippen molar-refractivity contribution < 1.29 is 14.7 Å². The Hall–Kier alpha value is -1.10. The summed E-state index contributed by atoms with van der Waals surface area (Å²) in [5, 5.41) is 12.3. The summed E-state index contributed by atoms with van der Waals surface area (Å²) in [5.74, 6) is -0.195. The summed E-state index contributed by atoms with van der Waals surface area (Å²) in [5.41, 5.74) is -0.794. The first kappa shape index (κ1) is 16.3. The van der Waals surface area contributed by atoms with Gasteiger partial charge in [-0.3, -0.25) is 9.59 Å². The number of carboxylic acid groups (broad SMARTS) is 1. The molecule has 0 spiro atoms. The standard InChI is InChI=1S/C16H28N2O3/c1-18-10-5-13(6-11-18)4-9-17-14(19)12-16(15(20)21)7-2-3-8-16/h13H,2-12H2,1H3,(H,17,19)(H,20,21). The van der Waals surface area contributed by atoms with Gasteiger partial charge in [0.2, 0.25) is 5.91 Å². The number of hydrogen-bond acceptors (Lipinski definition) is 3. The van der Waals surface area contributed by atoms with Crippen molar-refractivity contribution in [2.24, 2.45) is 11.3 Å². The summed E-state index contributed by atoms with van der Waals surface area (Å²) in [6.45, 7) is 2.96. The Balaban J connectivity index is 1.68. The Morgan fingerprint density at radius 2 is 1.86 bits per heavy atom. The number of nitrogens with zero attached hydrogens (tertiary/aromatic N) is 1. The van der Waals surface area contributed by atoms with E-state index in [9.17, 15) is 14.7 Å². The van der Waals surface area contributed by atoms with Crippen LogP contribution in [-0.4, -0.2) is 48.6 Å². The average molecular weight is 296 g/mol. The van der Waals surface area contributed by atoms with Crippen LogP contribution in [0.2, 0.25) is 0 Å². The normalized spacial score (nSPS) is 23.1. The monoisotopic (exact) mass is 296 g/mol. The van der Waals surface area contributed by atoms with Crippen LogP contribution < -0.4 is 5.32 Å². The number of amides is 1. The third-order valence-electron chi connectivity index (χ3n) is 5.23. The van der Waals surface area contributed by atoms with Crippen molar-refractivity contribution >= 4 is 11.9 Å². The highest BCUT2D eigenvalue weighted by Crippen LogP contribution is 2.41. The van der Waals surface area contributed by atoms with E-state index in [1.807, 2.05) is 0 Å². The number of piperidine rings is 1. The number of carbonyl (C=O) groups excluding carboxylic acids is 1. The Labute approximate surface area is 127 Å². The zero-order valence-electron chi connectivity index (χ0n) is 13.1. The number of carboxylic acids is 1. The van der Waals surface area contributed by atoms with Crippen molar-refractivity contribution in [3.05, 3.63) is 0 Å². The lowest BCUT2D eigenvalue weighted by Gasteiger charge is -2.29. The molecule has 1 aliphatic heterocycles. The molecule has 0 bridgehead atoms. The molecule has 0 aromatic heterocycles. The minimum Gasteiger partial charge on any atom is -0.481 e. The minimum absolute atomic E-state index is 0.0905. The molecular weight excluding hydrogens is 268 g/mol. The molecule has 0 unspecified atom stereocenters. The van der Waals surface area contributed by atoms with Crippen LogP contribution in [0.15, 0.2) is 0 Å². The van der Waals surface area contributed by atoms with Crippen LogP contribution in [0.5, 0.6) is 0 Å². The maximum absolute atomic E-state index is 12.0. The van der Waals surface area contributed by atoms with Crippen LogP contribution in [0.3, 0.4) is 0 Å². The summed E-state index contributed by atoms with van der Waals surface area (Å²) in [6, 6.07) is 0. The first-order valence-electron chi connectivity index (χ1n) is 8.20. The maximum Gasteiger partial charge on any atom is 0.310 e. The molecule has 1 saturated carbocycles. The minimum atomic E-state index is -0.800. The SMILES string of the molecule is CN1CCC(CCNC(=O)CC2(C(=O)O)CCCC2)CC1. The van der Waals surface area contributed by atoms with Gasteiger partial charge < -0.3 is 15.3 Å². The molecule has 0 aromatic rings. The summed E-state index contributed by atoms with van der Waals surface area (Å²) in [6.07, 6.45) is 6.70. The van der Waals surface area contributed by atoms with Gasteiger partial charge in [0.05, 0.1) is 5.41 Å². The topological polar surface area (TPSA) is 69.6 Å². The third kappa shape index (κ3) is 4.43. The number of carbonyl (C=O) groups is 2. The van der Waals surface area contributed by atoms with Gasteiger partial charge in [-0.2, -0.15) is 0 Å². The average Bonchev–Trinajstić information content (AvgIpc) is 2.91. The van der Waals surface area contributed by atoms with Gasteiger partial charge in [-0.1, -0.05) is 12.8 Å². The lowest BCUT2D eigenvalue weighted by molar-refractivity contribution is -0.151. The van der Waals surface area contributed by atoms with E-state index in [1.165, 1.54) is 12.8 Å². The van der Waals surface area contributed by atoms with Gasteiger partial charge in [0, 0.05) is 13.0 Å². The summed E-state index contributed by atoms with van der Waals surface area (Å²) >= 11 is 0. The molecule has 2 N–H and O–H groups in total. The van der Waals surface area contributed by atoms with Crippen molar-refractivity contribution in [3.63, 3.8) is 0 Å². The zero-order chi connectivity index (χ0) is 15.3. The molecule has 21 heavy (non-hydrogen) atoms. The first-order chi connectivity index (χ1) is 10.0. The lowest BCUT2D eigenvalue weighted by atomic mass is 9.82. The second kappa shape index (κ2) is 7.25. The molecular formula is C16H28N2O3. The molecule has 0 aromatic carbocycles. The van der Waals surface area contributed by atoms with Crippen molar-refractivity contribution in [2.75, 3.05) is 26.7 Å². The van der Waals surface area contributed by atoms with Crippen LogP contribution >= 0.6 is 0 Å². The molecule has 2 rings (SSSR count). The van der Waals surface area contributed by atoms with E-state index in [2.05, 4.69) is 17.3 Å². The van der Waals surface area contributed by atoms with Crippen molar-refractivity contribution in [3.8, 4) is 0 Å². The van der Waals surface area contributed by atoms with Crippen LogP contribution in [0.4, 0.5) is 0 Å². The molecule has 1 amide bonds. The molecule has 1 heterocycles. The highest BCUT2D eigenvalue weighted by molar-refractivity contribution is 5.85. The Morgan fingerprint density at radius 1 is 1.24 bits per heavy atom. The molecule has 1 saturated heterocycles. The molecule has 120 valence electrons. The molecule has 5 nitrogen and oxygen atoms in total. The van der Waals surface area contributed by atoms with Gasteiger partial charge in [-0.25, -0.2) is 0 Å². The number of likely N-dealkylation sites (tertiary alicyclic amines) is 1. The lowest BCUT2D eigenvalue weighted by Crippen LogP contribution is -2.37. The molecule has 0 radical (unpaired) electrons. The first-order valence-corrected chi connectivity index (χ1v) is 8.20. The second-order valence-electron chi connectivity index (χ2n) is 6.85. The highest BCUT2D eigenvalue weighted by atomic mass is 16.4. The van der Waals surface area contributed by atoms with Crippen molar-refractivity contribution in [2.45, 2.75) is 51.4 Å². The second-order valence-corrected chi connectivity index (χ2v) is 6.85. The van der Waals surface area contributed by atoms with Crippen LogP contribution in [0.25, 0.3) is 0 Å². The number of aliphatic carboxylic acids is 1. The van der Waals surface area contributed by atoms with Crippen LogP contribution in [0, 0.1) is 11.3 Å². The van der Waals surface area contributed by atoms with Crippen molar-refractivity contribution in [1.29, 1.82) is 0 Å². The number of rotatable bonds is 6. The number of nitrogens with one attached hydrogen (secondary N) is 1. The summed E-state index contributed by atoms with van der Waals surface area (Å²) in [4.78, 5) is 25.8. The maximum atomic E-state index is 12.0. The molecule has 2 aliphatic rings. The van der Waals surface area contributed by atoms with Gasteiger partial charge in [0.25, 0.3) is 0 Å². The zero-order valence-corrected chi connectivity index (χ0v) is 13.1. The van der Waals surface area contributed by atoms with E-state index >= 15 is 0 Å². The van der Waals surface area contributed by atoms with E-state index in [0.717, 1.165) is 32.4 Å². The molecule has 1 aliphatic carbocycles. The predicted octanol–water partition coefficient (Wildman–Crippen LogP) is 1.87. The van der Waals surface area contributed by atoms with Gasteiger partial charge in [-0.15, -0.1) is 0 Å². The van der Waals surface area contributed by atoms with Gasteiger partial charge >= 0.3 is 5.97 Å². The Morgan fingerprint density at radius 3 is 2.43 bits per heavy atom. The van der Waals surface area contributed by atoms with E-state index in [0.29, 0.717) is 25.3 Å². The van der Waals surface area contributed by atoms with Crippen LogP contribution in [0.1, 0.15) is 51.4 Å². The van der Waals surface area contributed by atoms with Gasteiger partial charge in [0.1, 0.15) is 0 Å². The third-order valence-corrected chi connectivity index (χ3v) is 5.23. The van der Waals surface area contributed by atoms with E-state index in [-0.39, 0.29) is 12.3 Å². The van der Waals surface area contributed by atoms with Gasteiger partial charge in [-0.05, 0) is 58.2 Å². The Bertz CT molecular complexity index is 370. The molecule has 2 fully saturated rings. The fourth-order valence-corrected chi connectivity index (χ4v) is 3.65. The van der Waals surface area contributed by atoms with Gasteiger partial charge in [0.15, 0.2) is 0 Å². The quantitative estimate of drug-likeness (QED) is 0.785. The summed E-state index contributed by atoms with van der Waals surface area (Å²) < 4.78 is 0. The Kier molecular flexibility index (Phi) is 5.62. The molecule has 5 heteroatoms. The largest absolute Gasteiger partial charge is 0.481 e. The fourth-order valence-electron chi connectivity index (χ4n) is 3.65. The predicted molar refractivity (Wildman–Crippen MR) is 81.0 cm³/mol. The van der Waals surface area contributed by atoms with E-state index < -0.39 is 11.4 Å². The smallest absolute Gasteiger partial charge is 0.310 e. The van der Waals surface area contributed by atoms with E-state index in [1.54, 1.807) is 0 Å². The fraction of sp³-hybridized carbons (Fsp3) is 0.875. The van der Waals surface area contributed by atoms with Crippen molar-refractivity contribution in [1.82, 2.24) is 10.2 Å². The van der Waals surface area contributed by atoms with E-state index in [4.69, 9.17) is 0 Å².